The Bertz CT molecular complexity index is 681. The molecule has 1 aliphatic rings. The van der Waals surface area contributed by atoms with Crippen LogP contribution in [-0.2, 0) is 4.79 Å². The molecule has 2 aromatic rings. The largest absolute Gasteiger partial charge is 0.481 e. The van der Waals surface area contributed by atoms with Crippen molar-refractivity contribution in [3.8, 4) is 17.1 Å². The Kier molecular flexibility index (Phi) is 3.56. The van der Waals surface area contributed by atoms with E-state index in [9.17, 15) is 4.79 Å². The number of aryl methyl sites for hydroxylation is 1. The lowest BCUT2D eigenvalue weighted by Gasteiger charge is -2.10. The molecule has 0 radical (unpaired) electrons. The zero-order valence-corrected chi connectivity index (χ0v) is 12.1. The van der Waals surface area contributed by atoms with Crippen LogP contribution in [0.25, 0.3) is 11.3 Å². The fourth-order valence-electron chi connectivity index (χ4n) is 2.13. The Morgan fingerprint density at radius 1 is 1.33 bits per heavy atom. The number of nitrogens with zero attached hydrogens (tertiary/aromatic N) is 2. The molecule has 0 aliphatic heterocycles. The van der Waals surface area contributed by atoms with E-state index in [1.807, 2.05) is 31.2 Å². The van der Waals surface area contributed by atoms with E-state index in [0.717, 1.165) is 29.7 Å². The normalized spacial score (nSPS) is 13.8. The number of ether oxygens (including phenoxy) is 1. The van der Waals surface area contributed by atoms with E-state index in [1.165, 1.54) is 0 Å². The van der Waals surface area contributed by atoms with Crippen molar-refractivity contribution in [1.29, 1.82) is 0 Å². The van der Waals surface area contributed by atoms with Gasteiger partial charge in [-0.3, -0.25) is 4.79 Å². The average molecular weight is 283 g/mol. The van der Waals surface area contributed by atoms with Gasteiger partial charge in [0.15, 0.2) is 0 Å². The van der Waals surface area contributed by atoms with E-state index in [2.05, 4.69) is 15.3 Å². The fraction of sp³-hybridized carbons (Fsp3) is 0.312. The van der Waals surface area contributed by atoms with Crippen molar-refractivity contribution in [2.75, 3.05) is 12.4 Å². The van der Waals surface area contributed by atoms with Gasteiger partial charge in [0.05, 0.1) is 12.8 Å². The van der Waals surface area contributed by atoms with Crippen molar-refractivity contribution in [3.63, 3.8) is 0 Å². The van der Waals surface area contributed by atoms with E-state index < -0.39 is 0 Å². The quantitative estimate of drug-likeness (QED) is 0.937. The SMILES string of the molecule is COc1cc(-c2nc(NC(=O)C3CC3)ccc2C)ccn1. The first-order chi connectivity index (χ1) is 10.2. The highest BCUT2D eigenvalue weighted by Crippen LogP contribution is 2.30. The first kappa shape index (κ1) is 13.5. The van der Waals surface area contributed by atoms with Gasteiger partial charge in [-0.05, 0) is 37.5 Å². The van der Waals surface area contributed by atoms with Crippen molar-refractivity contribution < 1.29 is 9.53 Å². The summed E-state index contributed by atoms with van der Waals surface area (Å²) in [7, 11) is 1.58. The molecule has 2 heterocycles. The molecular weight excluding hydrogens is 266 g/mol. The van der Waals surface area contributed by atoms with Gasteiger partial charge in [-0.25, -0.2) is 9.97 Å². The Morgan fingerprint density at radius 2 is 2.14 bits per heavy atom. The summed E-state index contributed by atoms with van der Waals surface area (Å²) in [6.45, 7) is 1.99. The van der Waals surface area contributed by atoms with Gasteiger partial charge in [-0.2, -0.15) is 0 Å². The number of hydrogen-bond acceptors (Lipinski definition) is 4. The first-order valence-corrected chi connectivity index (χ1v) is 6.96. The molecule has 5 heteroatoms. The van der Waals surface area contributed by atoms with Crippen LogP contribution in [0.1, 0.15) is 18.4 Å². The number of nitrogens with one attached hydrogen (secondary N) is 1. The van der Waals surface area contributed by atoms with E-state index in [-0.39, 0.29) is 11.8 Å². The highest BCUT2D eigenvalue weighted by molar-refractivity contribution is 5.93. The van der Waals surface area contributed by atoms with Crippen LogP contribution in [0.4, 0.5) is 5.82 Å². The zero-order valence-electron chi connectivity index (χ0n) is 12.1. The Hall–Kier alpha value is -2.43. The Balaban J connectivity index is 1.91. The molecule has 0 saturated heterocycles. The molecule has 0 bridgehead atoms. The molecule has 2 aromatic heterocycles. The van der Waals surface area contributed by atoms with Crippen molar-refractivity contribution in [1.82, 2.24) is 9.97 Å². The van der Waals surface area contributed by atoms with Crippen LogP contribution in [0.5, 0.6) is 5.88 Å². The molecule has 1 amide bonds. The summed E-state index contributed by atoms with van der Waals surface area (Å²) < 4.78 is 5.14. The van der Waals surface area contributed by atoms with Crippen LogP contribution in [-0.4, -0.2) is 23.0 Å². The molecule has 1 aliphatic carbocycles. The molecule has 1 saturated carbocycles. The predicted octanol–water partition coefficient (Wildman–Crippen LogP) is 2.81. The molecule has 0 atom stereocenters. The fourth-order valence-corrected chi connectivity index (χ4v) is 2.13. The van der Waals surface area contributed by atoms with Crippen LogP contribution in [0.15, 0.2) is 30.5 Å². The topological polar surface area (TPSA) is 64.1 Å². The number of hydrogen-bond donors (Lipinski definition) is 1. The Morgan fingerprint density at radius 3 is 2.86 bits per heavy atom. The summed E-state index contributed by atoms with van der Waals surface area (Å²) in [6, 6.07) is 7.50. The number of carbonyl (C=O) groups is 1. The van der Waals surface area contributed by atoms with Crippen molar-refractivity contribution in [2.45, 2.75) is 19.8 Å². The molecule has 1 fully saturated rings. The van der Waals surface area contributed by atoms with Gasteiger partial charge < -0.3 is 10.1 Å². The maximum Gasteiger partial charge on any atom is 0.228 e. The van der Waals surface area contributed by atoms with Gasteiger partial charge in [-0.15, -0.1) is 0 Å². The van der Waals surface area contributed by atoms with E-state index in [4.69, 9.17) is 4.74 Å². The second-order valence-electron chi connectivity index (χ2n) is 5.21. The van der Waals surface area contributed by atoms with Gasteiger partial charge in [0.25, 0.3) is 0 Å². The van der Waals surface area contributed by atoms with E-state index in [0.29, 0.717) is 11.7 Å². The number of aromatic nitrogens is 2. The van der Waals surface area contributed by atoms with Gasteiger partial charge in [0.2, 0.25) is 11.8 Å². The standard InChI is InChI=1S/C16H17N3O2/c1-10-3-6-13(19-16(20)11-4-5-11)18-15(10)12-7-8-17-14(9-12)21-2/h3,6-9,11H,4-5H2,1-2H3,(H,18,19,20). The molecule has 3 rings (SSSR count). The minimum Gasteiger partial charge on any atom is -0.481 e. The summed E-state index contributed by atoms with van der Waals surface area (Å²) in [5, 5.41) is 2.87. The second kappa shape index (κ2) is 5.52. The summed E-state index contributed by atoms with van der Waals surface area (Å²) >= 11 is 0. The van der Waals surface area contributed by atoms with Crippen molar-refractivity contribution >= 4 is 11.7 Å². The van der Waals surface area contributed by atoms with Crippen molar-refractivity contribution in [3.05, 3.63) is 36.0 Å². The lowest BCUT2D eigenvalue weighted by molar-refractivity contribution is -0.117. The number of rotatable bonds is 4. The van der Waals surface area contributed by atoms with E-state index >= 15 is 0 Å². The third-order valence-electron chi connectivity index (χ3n) is 3.51. The average Bonchev–Trinajstić information content (AvgIpc) is 3.34. The molecule has 5 nitrogen and oxygen atoms in total. The second-order valence-corrected chi connectivity index (χ2v) is 5.21. The van der Waals surface area contributed by atoms with Crippen molar-refractivity contribution in [2.24, 2.45) is 5.92 Å². The highest BCUT2D eigenvalue weighted by atomic mass is 16.5. The van der Waals surface area contributed by atoms with Crippen LogP contribution in [0.3, 0.4) is 0 Å². The molecule has 108 valence electrons. The van der Waals surface area contributed by atoms with Gasteiger partial charge in [-0.1, -0.05) is 6.07 Å². The van der Waals surface area contributed by atoms with Gasteiger partial charge in [0.1, 0.15) is 5.82 Å². The van der Waals surface area contributed by atoms with Gasteiger partial charge >= 0.3 is 0 Å². The minimum absolute atomic E-state index is 0.0598. The molecule has 0 spiro atoms. The predicted molar refractivity (Wildman–Crippen MR) is 80.1 cm³/mol. The maximum atomic E-state index is 11.8. The minimum atomic E-state index is 0.0598. The smallest absolute Gasteiger partial charge is 0.228 e. The molecular formula is C16H17N3O2. The zero-order chi connectivity index (χ0) is 14.8. The summed E-state index contributed by atoms with van der Waals surface area (Å²) in [5.41, 5.74) is 2.78. The lowest BCUT2D eigenvalue weighted by Crippen LogP contribution is -2.14. The Labute approximate surface area is 123 Å². The molecule has 0 unspecified atom stereocenters. The summed E-state index contributed by atoms with van der Waals surface area (Å²) in [6.07, 6.45) is 3.64. The third-order valence-corrected chi connectivity index (χ3v) is 3.51. The monoisotopic (exact) mass is 283 g/mol. The maximum absolute atomic E-state index is 11.8. The summed E-state index contributed by atoms with van der Waals surface area (Å²) in [4.78, 5) is 20.5. The number of carbonyl (C=O) groups excluding carboxylic acids is 1. The highest BCUT2D eigenvalue weighted by Gasteiger charge is 2.29. The number of amides is 1. The van der Waals surface area contributed by atoms with Crippen LogP contribution < -0.4 is 10.1 Å². The molecule has 0 aromatic carbocycles. The van der Waals surface area contributed by atoms with Crippen LogP contribution >= 0.6 is 0 Å². The summed E-state index contributed by atoms with van der Waals surface area (Å²) in [5.74, 6) is 1.35. The first-order valence-electron chi connectivity index (χ1n) is 6.96. The van der Waals surface area contributed by atoms with Gasteiger partial charge in [0, 0.05) is 23.7 Å². The van der Waals surface area contributed by atoms with Crippen LogP contribution in [0.2, 0.25) is 0 Å². The lowest BCUT2D eigenvalue weighted by atomic mass is 10.1. The van der Waals surface area contributed by atoms with Crippen LogP contribution in [0, 0.1) is 12.8 Å². The number of methoxy groups -OCH3 is 1. The third kappa shape index (κ3) is 3.02. The van der Waals surface area contributed by atoms with E-state index in [1.54, 1.807) is 13.3 Å². The number of anilines is 1. The number of pyridine rings is 2. The molecule has 1 N–H and O–H groups in total. The molecule has 21 heavy (non-hydrogen) atoms.